The molecule has 0 spiro atoms. The molecule has 1 unspecified atom stereocenters. The summed E-state index contributed by atoms with van der Waals surface area (Å²) in [6.45, 7) is 6.22. The first-order valence-electron chi connectivity index (χ1n) is 14.6. The highest BCUT2D eigenvalue weighted by Crippen LogP contribution is 2.36. The number of nitrogens with one attached hydrogen (secondary N) is 2. The number of thioether (sulfide) groups is 1. The van der Waals surface area contributed by atoms with Crippen molar-refractivity contribution >= 4 is 52.8 Å². The van der Waals surface area contributed by atoms with Crippen LogP contribution >= 0.6 is 11.8 Å². The lowest BCUT2D eigenvalue weighted by Gasteiger charge is -2.19. The zero-order valence-corrected chi connectivity index (χ0v) is 26.0. The molecule has 1 aliphatic rings. The van der Waals surface area contributed by atoms with Crippen LogP contribution in [-0.2, 0) is 14.4 Å². The number of hydrogen-bond acceptors (Lipinski definition) is 6. The van der Waals surface area contributed by atoms with E-state index in [-0.39, 0.29) is 23.9 Å². The van der Waals surface area contributed by atoms with Crippen LogP contribution in [0.15, 0.2) is 108 Å². The van der Waals surface area contributed by atoms with E-state index >= 15 is 0 Å². The number of imide groups is 1. The van der Waals surface area contributed by atoms with E-state index in [1.807, 2.05) is 45.0 Å². The molecular formula is C36H33N3O5S. The number of rotatable bonds is 10. The van der Waals surface area contributed by atoms with Crippen molar-refractivity contribution < 1.29 is 23.9 Å². The molecule has 0 aromatic heterocycles. The number of carbonyl (C=O) groups excluding carboxylic acids is 4. The highest BCUT2D eigenvalue weighted by Gasteiger charge is 2.41. The van der Waals surface area contributed by atoms with Gasteiger partial charge in [0.2, 0.25) is 11.8 Å². The molecule has 4 amide bonds. The fourth-order valence-electron chi connectivity index (χ4n) is 5.00. The van der Waals surface area contributed by atoms with Gasteiger partial charge in [0.25, 0.3) is 11.8 Å². The molecule has 9 heteroatoms. The molecular weight excluding hydrogens is 586 g/mol. The lowest BCUT2D eigenvalue weighted by Crippen LogP contribution is -2.32. The molecule has 1 atom stereocenters. The molecule has 4 aromatic carbocycles. The fraction of sp³-hybridized carbons (Fsp3) is 0.167. The second-order valence-electron chi connectivity index (χ2n) is 10.5. The number of nitrogens with zero attached hydrogens (tertiary/aromatic N) is 1. The molecule has 8 nitrogen and oxygen atoms in total. The van der Waals surface area contributed by atoms with Crippen molar-refractivity contribution in [3.63, 3.8) is 0 Å². The van der Waals surface area contributed by atoms with Crippen molar-refractivity contribution in [2.45, 2.75) is 37.3 Å². The Kier molecular flexibility index (Phi) is 9.79. The van der Waals surface area contributed by atoms with E-state index in [9.17, 15) is 19.2 Å². The molecule has 1 aliphatic heterocycles. The van der Waals surface area contributed by atoms with Gasteiger partial charge in [-0.15, -0.1) is 11.8 Å². The molecule has 45 heavy (non-hydrogen) atoms. The van der Waals surface area contributed by atoms with Crippen LogP contribution in [-0.4, -0.2) is 35.5 Å². The summed E-state index contributed by atoms with van der Waals surface area (Å²) in [5, 5.41) is 5.03. The van der Waals surface area contributed by atoms with Crippen molar-refractivity contribution in [2.75, 3.05) is 16.8 Å². The van der Waals surface area contributed by atoms with Gasteiger partial charge in [0.05, 0.1) is 17.5 Å². The molecule has 0 radical (unpaired) electrons. The van der Waals surface area contributed by atoms with E-state index in [0.717, 1.165) is 16.0 Å². The van der Waals surface area contributed by atoms with Crippen LogP contribution in [0.5, 0.6) is 5.75 Å². The summed E-state index contributed by atoms with van der Waals surface area (Å²) in [5.74, 6) is -0.676. The van der Waals surface area contributed by atoms with Gasteiger partial charge in [-0.2, -0.15) is 0 Å². The maximum absolute atomic E-state index is 13.4. The Balaban J connectivity index is 1.29. The van der Waals surface area contributed by atoms with Crippen molar-refractivity contribution in [2.24, 2.45) is 0 Å². The van der Waals surface area contributed by atoms with Gasteiger partial charge in [0.15, 0.2) is 0 Å². The fourth-order valence-corrected chi connectivity index (χ4v) is 6.06. The van der Waals surface area contributed by atoms with Gasteiger partial charge in [-0.3, -0.25) is 19.2 Å². The Morgan fingerprint density at radius 3 is 2.20 bits per heavy atom. The number of amides is 4. The number of benzene rings is 4. The largest absolute Gasteiger partial charge is 0.494 e. The highest BCUT2D eigenvalue weighted by atomic mass is 32.2. The minimum Gasteiger partial charge on any atom is -0.494 e. The van der Waals surface area contributed by atoms with Crippen LogP contribution < -0.4 is 20.3 Å². The minimum absolute atomic E-state index is 0.0631. The van der Waals surface area contributed by atoms with Gasteiger partial charge in [0, 0.05) is 22.6 Å². The summed E-state index contributed by atoms with van der Waals surface area (Å²) in [6, 6.07) is 28.5. The predicted octanol–water partition coefficient (Wildman–Crippen LogP) is 6.54. The average Bonchev–Trinajstić information content (AvgIpc) is 3.30. The Bertz CT molecular complexity index is 1730. The first-order chi connectivity index (χ1) is 21.7. The van der Waals surface area contributed by atoms with Crippen LogP contribution in [0.1, 0.15) is 40.4 Å². The topological polar surface area (TPSA) is 105 Å². The quantitative estimate of drug-likeness (QED) is 0.154. The van der Waals surface area contributed by atoms with Gasteiger partial charge in [0.1, 0.15) is 11.4 Å². The summed E-state index contributed by atoms with van der Waals surface area (Å²) in [4.78, 5) is 54.6. The molecule has 1 saturated heterocycles. The highest BCUT2D eigenvalue weighted by molar-refractivity contribution is 8.00. The van der Waals surface area contributed by atoms with Crippen LogP contribution in [0.25, 0.3) is 6.08 Å². The second-order valence-corrected chi connectivity index (χ2v) is 11.8. The van der Waals surface area contributed by atoms with E-state index in [1.54, 1.807) is 78.9 Å². The van der Waals surface area contributed by atoms with Crippen LogP contribution in [0.4, 0.5) is 11.4 Å². The molecule has 0 saturated carbocycles. The zero-order valence-electron chi connectivity index (χ0n) is 25.2. The zero-order chi connectivity index (χ0) is 31.9. The van der Waals surface area contributed by atoms with Crippen LogP contribution in [0, 0.1) is 13.8 Å². The summed E-state index contributed by atoms with van der Waals surface area (Å²) >= 11 is 1.32. The van der Waals surface area contributed by atoms with Gasteiger partial charge >= 0.3 is 0 Å². The monoisotopic (exact) mass is 619 g/mol. The van der Waals surface area contributed by atoms with Crippen molar-refractivity contribution in [1.29, 1.82) is 0 Å². The van der Waals surface area contributed by atoms with E-state index in [0.29, 0.717) is 34.9 Å². The molecule has 1 fully saturated rings. The Labute approximate surface area is 266 Å². The van der Waals surface area contributed by atoms with Crippen molar-refractivity contribution in [1.82, 2.24) is 5.32 Å². The number of ether oxygens (including phenoxy) is 1. The normalized spacial score (nSPS) is 14.8. The third kappa shape index (κ3) is 7.50. The maximum atomic E-state index is 13.4. The van der Waals surface area contributed by atoms with Gasteiger partial charge < -0.3 is 15.4 Å². The third-order valence-corrected chi connectivity index (χ3v) is 8.39. The van der Waals surface area contributed by atoms with Crippen LogP contribution in [0.2, 0.25) is 0 Å². The smallest absolute Gasteiger partial charge is 0.272 e. The molecule has 2 N–H and O–H groups in total. The summed E-state index contributed by atoms with van der Waals surface area (Å²) in [6.07, 6.45) is 1.71. The van der Waals surface area contributed by atoms with Gasteiger partial charge in [-0.05, 0) is 92.1 Å². The number of para-hydroxylation sites is 1. The average molecular weight is 620 g/mol. The Hall–Kier alpha value is -5.15. The Morgan fingerprint density at radius 2 is 1.56 bits per heavy atom. The van der Waals surface area contributed by atoms with Crippen molar-refractivity contribution in [3.05, 3.63) is 125 Å². The predicted molar refractivity (Wildman–Crippen MR) is 177 cm³/mol. The number of anilines is 2. The molecule has 5 rings (SSSR count). The Morgan fingerprint density at radius 1 is 0.889 bits per heavy atom. The SMILES string of the molecule is CCOc1ccc(/C=C(\NC(=O)c2ccccc2)C(=O)Nc2ccc(SC3CC(=O)N(c4c(C)cccc4C)C3=O)cc2)cc1. The van der Waals surface area contributed by atoms with Crippen molar-refractivity contribution in [3.8, 4) is 5.75 Å². The van der Waals surface area contributed by atoms with E-state index in [1.165, 1.54) is 16.7 Å². The molecule has 4 aromatic rings. The maximum Gasteiger partial charge on any atom is 0.272 e. The molecule has 0 bridgehead atoms. The number of hydrogen-bond donors (Lipinski definition) is 2. The van der Waals surface area contributed by atoms with E-state index in [4.69, 9.17) is 4.74 Å². The molecule has 0 aliphatic carbocycles. The second kappa shape index (κ2) is 14.1. The lowest BCUT2D eigenvalue weighted by atomic mass is 10.1. The third-order valence-electron chi connectivity index (χ3n) is 7.19. The standard InChI is InChI=1S/C36H33N3O5S/c1-4-44-28-17-13-25(14-18-28)21-30(38-34(41)26-11-6-5-7-12-26)35(42)37-27-15-19-29(20-16-27)45-31-22-32(40)39(36(31)43)33-23(2)9-8-10-24(33)3/h5-21,31H,4,22H2,1-3H3,(H,37,42)(H,38,41)/b30-21-. The summed E-state index contributed by atoms with van der Waals surface area (Å²) < 4.78 is 5.50. The molecule has 1 heterocycles. The lowest BCUT2D eigenvalue weighted by molar-refractivity contribution is -0.121. The summed E-state index contributed by atoms with van der Waals surface area (Å²) in [5.41, 5.74) is 4.09. The first kappa shape index (κ1) is 31.3. The van der Waals surface area contributed by atoms with Gasteiger partial charge in [-0.1, -0.05) is 48.5 Å². The number of aryl methyl sites for hydroxylation is 2. The van der Waals surface area contributed by atoms with Crippen LogP contribution in [0.3, 0.4) is 0 Å². The van der Waals surface area contributed by atoms with Gasteiger partial charge in [-0.25, -0.2) is 4.90 Å². The first-order valence-corrected chi connectivity index (χ1v) is 15.4. The minimum atomic E-state index is -0.547. The summed E-state index contributed by atoms with van der Waals surface area (Å²) in [7, 11) is 0. The van der Waals surface area contributed by atoms with E-state index < -0.39 is 17.1 Å². The van der Waals surface area contributed by atoms with E-state index in [2.05, 4.69) is 10.6 Å². The number of carbonyl (C=O) groups is 4. The molecule has 228 valence electrons.